The predicted molar refractivity (Wildman–Crippen MR) is 89.9 cm³/mol. The first kappa shape index (κ1) is 15.8. The van der Waals surface area contributed by atoms with Gasteiger partial charge in [-0.1, -0.05) is 30.7 Å². The number of aromatic nitrogens is 1. The number of nitrogens with one attached hydrogen (secondary N) is 1. The highest BCUT2D eigenvalue weighted by Gasteiger charge is 2.10. The summed E-state index contributed by atoms with van der Waals surface area (Å²) in [5.41, 5.74) is 3.26. The second-order valence-electron chi connectivity index (χ2n) is 5.17. The molecular weight excluding hydrogens is 282 g/mol. The van der Waals surface area contributed by atoms with Gasteiger partial charge in [0.15, 0.2) is 0 Å². The van der Waals surface area contributed by atoms with E-state index < -0.39 is 0 Å². The SMILES string of the molecule is CCNC(C)c1ccc(N(C)Cc2ccccn2)c(Cl)c1. The monoisotopic (exact) mass is 303 g/mol. The second-order valence-corrected chi connectivity index (χ2v) is 5.57. The minimum atomic E-state index is 0.308. The van der Waals surface area contributed by atoms with E-state index in [2.05, 4.69) is 41.2 Å². The van der Waals surface area contributed by atoms with Crippen LogP contribution in [0.5, 0.6) is 0 Å². The van der Waals surface area contributed by atoms with Crippen molar-refractivity contribution in [3.8, 4) is 0 Å². The van der Waals surface area contributed by atoms with E-state index >= 15 is 0 Å². The highest BCUT2D eigenvalue weighted by Crippen LogP contribution is 2.29. The lowest BCUT2D eigenvalue weighted by Gasteiger charge is -2.22. The highest BCUT2D eigenvalue weighted by molar-refractivity contribution is 6.33. The van der Waals surface area contributed by atoms with E-state index in [1.54, 1.807) is 0 Å². The molecule has 1 atom stereocenters. The van der Waals surface area contributed by atoms with Crippen LogP contribution in [0.15, 0.2) is 42.6 Å². The van der Waals surface area contributed by atoms with Crippen LogP contribution in [-0.4, -0.2) is 18.6 Å². The summed E-state index contributed by atoms with van der Waals surface area (Å²) >= 11 is 6.44. The summed E-state index contributed by atoms with van der Waals surface area (Å²) in [7, 11) is 2.03. The molecule has 1 aromatic carbocycles. The maximum Gasteiger partial charge on any atom is 0.0642 e. The van der Waals surface area contributed by atoms with Crippen LogP contribution < -0.4 is 10.2 Å². The minimum Gasteiger partial charge on any atom is -0.367 e. The molecule has 3 nitrogen and oxygen atoms in total. The molecule has 0 spiro atoms. The van der Waals surface area contributed by atoms with Crippen molar-refractivity contribution in [3.05, 3.63) is 58.9 Å². The quantitative estimate of drug-likeness (QED) is 0.873. The molecule has 0 saturated heterocycles. The molecule has 0 aliphatic carbocycles. The molecule has 0 amide bonds. The van der Waals surface area contributed by atoms with Crippen LogP contribution in [0.25, 0.3) is 0 Å². The van der Waals surface area contributed by atoms with Crippen molar-refractivity contribution in [3.63, 3.8) is 0 Å². The lowest BCUT2D eigenvalue weighted by atomic mass is 10.1. The maximum atomic E-state index is 6.44. The van der Waals surface area contributed by atoms with E-state index in [0.717, 1.165) is 29.5 Å². The van der Waals surface area contributed by atoms with Crippen molar-refractivity contribution in [1.82, 2.24) is 10.3 Å². The standard InChI is InChI=1S/C17H22ClN3/c1-4-19-13(2)14-8-9-17(16(18)11-14)21(3)12-15-7-5-6-10-20-15/h5-11,13,19H,4,12H2,1-3H3. The van der Waals surface area contributed by atoms with Crippen molar-refractivity contribution in [2.75, 3.05) is 18.5 Å². The Hall–Kier alpha value is -1.58. The Labute approximate surface area is 132 Å². The number of benzene rings is 1. The van der Waals surface area contributed by atoms with Crippen LogP contribution in [0.1, 0.15) is 31.1 Å². The van der Waals surface area contributed by atoms with Crippen LogP contribution in [0.4, 0.5) is 5.69 Å². The fraction of sp³-hybridized carbons (Fsp3) is 0.353. The number of pyridine rings is 1. The summed E-state index contributed by atoms with van der Waals surface area (Å²) in [6.45, 7) is 5.93. The molecule has 2 rings (SSSR count). The summed E-state index contributed by atoms with van der Waals surface area (Å²) < 4.78 is 0. The summed E-state index contributed by atoms with van der Waals surface area (Å²) in [6.07, 6.45) is 1.81. The Balaban J connectivity index is 2.13. The zero-order valence-electron chi connectivity index (χ0n) is 12.8. The lowest BCUT2D eigenvalue weighted by Crippen LogP contribution is -2.19. The van der Waals surface area contributed by atoms with Gasteiger partial charge in [-0.2, -0.15) is 0 Å². The lowest BCUT2D eigenvalue weighted by molar-refractivity contribution is 0.598. The first-order chi connectivity index (χ1) is 10.1. The molecular formula is C17H22ClN3. The van der Waals surface area contributed by atoms with Crippen LogP contribution >= 0.6 is 11.6 Å². The molecule has 1 N–H and O–H groups in total. The average molecular weight is 304 g/mol. The molecule has 112 valence electrons. The number of rotatable bonds is 6. The van der Waals surface area contributed by atoms with Gasteiger partial charge in [0.1, 0.15) is 0 Å². The van der Waals surface area contributed by atoms with Crippen LogP contribution in [0, 0.1) is 0 Å². The Bertz CT molecular complexity index is 572. The molecule has 1 aromatic heterocycles. The van der Waals surface area contributed by atoms with Gasteiger partial charge in [0.25, 0.3) is 0 Å². The fourth-order valence-electron chi connectivity index (χ4n) is 2.35. The highest BCUT2D eigenvalue weighted by atomic mass is 35.5. The Kier molecular flexibility index (Phi) is 5.59. The van der Waals surface area contributed by atoms with Gasteiger partial charge in [-0.3, -0.25) is 4.98 Å². The molecule has 4 heteroatoms. The summed E-state index contributed by atoms with van der Waals surface area (Å²) in [4.78, 5) is 6.47. The normalized spacial score (nSPS) is 12.2. The summed E-state index contributed by atoms with van der Waals surface area (Å²) in [5.74, 6) is 0. The van der Waals surface area contributed by atoms with Gasteiger partial charge in [0, 0.05) is 19.3 Å². The van der Waals surface area contributed by atoms with Crippen molar-refractivity contribution < 1.29 is 0 Å². The van der Waals surface area contributed by atoms with Crippen molar-refractivity contribution >= 4 is 17.3 Å². The average Bonchev–Trinajstić information content (AvgIpc) is 2.48. The van der Waals surface area contributed by atoms with E-state index in [0.29, 0.717) is 6.04 Å². The first-order valence-electron chi connectivity index (χ1n) is 7.25. The van der Waals surface area contributed by atoms with Crippen LogP contribution in [0.2, 0.25) is 5.02 Å². The zero-order valence-corrected chi connectivity index (χ0v) is 13.6. The Morgan fingerprint density at radius 2 is 2.10 bits per heavy atom. The van der Waals surface area contributed by atoms with E-state index in [1.165, 1.54) is 5.56 Å². The molecule has 21 heavy (non-hydrogen) atoms. The number of halogens is 1. The summed E-state index contributed by atoms with van der Waals surface area (Å²) in [6, 6.07) is 12.5. The molecule has 0 saturated carbocycles. The van der Waals surface area contributed by atoms with Gasteiger partial charge in [0.05, 0.1) is 22.9 Å². The van der Waals surface area contributed by atoms with Crippen LogP contribution in [0.3, 0.4) is 0 Å². The van der Waals surface area contributed by atoms with E-state index in [4.69, 9.17) is 11.6 Å². The topological polar surface area (TPSA) is 28.2 Å². The van der Waals surface area contributed by atoms with Gasteiger partial charge in [-0.05, 0) is 43.3 Å². The Morgan fingerprint density at radius 1 is 1.29 bits per heavy atom. The molecule has 0 radical (unpaired) electrons. The molecule has 1 heterocycles. The fourth-order valence-corrected chi connectivity index (χ4v) is 2.68. The first-order valence-corrected chi connectivity index (χ1v) is 7.63. The molecule has 0 bridgehead atoms. The third-order valence-electron chi connectivity index (χ3n) is 3.52. The number of hydrogen-bond donors (Lipinski definition) is 1. The van der Waals surface area contributed by atoms with Gasteiger partial charge in [-0.15, -0.1) is 0 Å². The molecule has 0 aliphatic heterocycles. The van der Waals surface area contributed by atoms with Gasteiger partial charge >= 0.3 is 0 Å². The van der Waals surface area contributed by atoms with Gasteiger partial charge in [0.2, 0.25) is 0 Å². The smallest absolute Gasteiger partial charge is 0.0642 e. The molecule has 2 aromatic rings. The number of hydrogen-bond acceptors (Lipinski definition) is 3. The third kappa shape index (κ3) is 4.19. The number of nitrogens with zero attached hydrogens (tertiary/aromatic N) is 2. The van der Waals surface area contributed by atoms with Gasteiger partial charge < -0.3 is 10.2 Å². The third-order valence-corrected chi connectivity index (χ3v) is 3.82. The molecule has 0 aliphatic rings. The Morgan fingerprint density at radius 3 is 2.71 bits per heavy atom. The zero-order chi connectivity index (χ0) is 15.2. The minimum absolute atomic E-state index is 0.308. The van der Waals surface area contributed by atoms with Crippen LogP contribution in [-0.2, 0) is 6.54 Å². The van der Waals surface area contributed by atoms with E-state index in [1.807, 2.05) is 37.5 Å². The molecule has 0 fully saturated rings. The largest absolute Gasteiger partial charge is 0.367 e. The second kappa shape index (κ2) is 7.43. The number of anilines is 1. The van der Waals surface area contributed by atoms with Gasteiger partial charge in [-0.25, -0.2) is 0 Å². The van der Waals surface area contributed by atoms with Crippen molar-refractivity contribution in [1.29, 1.82) is 0 Å². The predicted octanol–water partition coefficient (Wildman–Crippen LogP) is 4.04. The van der Waals surface area contributed by atoms with E-state index in [-0.39, 0.29) is 0 Å². The molecule has 1 unspecified atom stereocenters. The van der Waals surface area contributed by atoms with E-state index in [9.17, 15) is 0 Å². The summed E-state index contributed by atoms with van der Waals surface area (Å²) in [5, 5.41) is 4.17. The van der Waals surface area contributed by atoms with Crippen molar-refractivity contribution in [2.45, 2.75) is 26.4 Å². The maximum absolute atomic E-state index is 6.44. The van der Waals surface area contributed by atoms with Crippen molar-refractivity contribution in [2.24, 2.45) is 0 Å².